The molecule has 0 N–H and O–H groups in total. The first kappa shape index (κ1) is 21.0. The van der Waals surface area contributed by atoms with E-state index in [2.05, 4.69) is 14.8 Å². The molecule has 1 aliphatic heterocycles. The van der Waals surface area contributed by atoms with E-state index in [1.54, 1.807) is 19.1 Å². The average Bonchev–Trinajstić information content (AvgIpc) is 3.46. The van der Waals surface area contributed by atoms with Crippen molar-refractivity contribution in [1.29, 1.82) is 0 Å². The molecule has 0 radical (unpaired) electrons. The highest BCUT2D eigenvalue weighted by Crippen LogP contribution is 2.45. The lowest BCUT2D eigenvalue weighted by atomic mass is 9.76. The molecule has 2 heterocycles. The second-order valence-corrected chi connectivity index (χ2v) is 9.08. The SMILES string of the molecule is [C-]#[N+]c1ccc(N2N=C3c4ccc(C(=O)OCC)nc4CCC3C2C2CCCC2)cc1Cl. The molecule has 2 atom stereocenters. The number of hydrogen-bond donors (Lipinski definition) is 0. The lowest BCUT2D eigenvalue weighted by molar-refractivity contribution is 0.0519. The molecule has 1 aromatic carbocycles. The molecule has 7 heteroatoms. The van der Waals surface area contributed by atoms with Crippen LogP contribution in [0.2, 0.25) is 5.02 Å². The van der Waals surface area contributed by atoms with Crippen molar-refractivity contribution in [2.45, 2.75) is 51.5 Å². The Kier molecular flexibility index (Phi) is 5.60. The molecule has 6 nitrogen and oxygen atoms in total. The maximum Gasteiger partial charge on any atom is 0.356 e. The van der Waals surface area contributed by atoms with Gasteiger partial charge in [-0.3, -0.25) is 5.01 Å². The molecule has 1 aromatic heterocycles. The van der Waals surface area contributed by atoms with Gasteiger partial charge in [-0.15, -0.1) is 0 Å². The fourth-order valence-electron chi connectivity index (χ4n) is 5.47. The Balaban J connectivity index is 1.55. The van der Waals surface area contributed by atoms with Crippen LogP contribution in [0.25, 0.3) is 4.85 Å². The van der Waals surface area contributed by atoms with Gasteiger partial charge in [0.05, 0.1) is 36.3 Å². The van der Waals surface area contributed by atoms with Gasteiger partial charge in [-0.2, -0.15) is 5.10 Å². The van der Waals surface area contributed by atoms with Crippen LogP contribution in [0.4, 0.5) is 11.4 Å². The molecule has 1 fully saturated rings. The van der Waals surface area contributed by atoms with Crippen molar-refractivity contribution < 1.29 is 9.53 Å². The Hall–Kier alpha value is -2.91. The number of anilines is 1. The Morgan fingerprint density at radius 1 is 1.25 bits per heavy atom. The zero-order chi connectivity index (χ0) is 22.2. The van der Waals surface area contributed by atoms with Crippen LogP contribution in [0.3, 0.4) is 0 Å². The molecule has 2 aromatic rings. The Morgan fingerprint density at radius 3 is 2.78 bits per heavy atom. The molecule has 2 unspecified atom stereocenters. The van der Waals surface area contributed by atoms with Crippen LogP contribution in [0.5, 0.6) is 0 Å². The third-order valence-electron chi connectivity index (χ3n) is 6.89. The maximum atomic E-state index is 12.1. The predicted molar refractivity (Wildman–Crippen MR) is 124 cm³/mol. The highest BCUT2D eigenvalue weighted by atomic mass is 35.5. The van der Waals surface area contributed by atoms with Crippen LogP contribution in [0.15, 0.2) is 35.4 Å². The number of rotatable bonds is 4. The summed E-state index contributed by atoms with van der Waals surface area (Å²) in [5, 5.41) is 7.71. The summed E-state index contributed by atoms with van der Waals surface area (Å²) < 4.78 is 5.12. The van der Waals surface area contributed by atoms with Crippen molar-refractivity contribution in [2.24, 2.45) is 16.9 Å². The van der Waals surface area contributed by atoms with Crippen molar-refractivity contribution in [2.75, 3.05) is 11.6 Å². The maximum absolute atomic E-state index is 12.1. The van der Waals surface area contributed by atoms with Crippen molar-refractivity contribution in [3.63, 3.8) is 0 Å². The normalized spacial score (nSPS) is 22.2. The molecule has 0 saturated heterocycles. The first-order valence-corrected chi connectivity index (χ1v) is 11.7. The molecular formula is C25H25ClN4O2. The third-order valence-corrected chi connectivity index (χ3v) is 7.19. The molecule has 2 aliphatic carbocycles. The van der Waals surface area contributed by atoms with Gasteiger partial charge in [0.1, 0.15) is 5.69 Å². The van der Waals surface area contributed by atoms with E-state index < -0.39 is 0 Å². The number of carbonyl (C=O) groups excluding carboxylic acids is 1. The zero-order valence-electron chi connectivity index (χ0n) is 18.1. The highest BCUT2D eigenvalue weighted by molar-refractivity contribution is 6.33. The van der Waals surface area contributed by atoms with Crippen LogP contribution < -0.4 is 5.01 Å². The molecule has 3 aliphatic rings. The lowest BCUT2D eigenvalue weighted by Crippen LogP contribution is -2.40. The van der Waals surface area contributed by atoms with E-state index in [9.17, 15) is 4.79 Å². The van der Waals surface area contributed by atoms with Crippen LogP contribution >= 0.6 is 11.6 Å². The standard InChI is InChI=1S/C25H25ClN4O2/c1-3-32-25(31)22-13-9-17-20(28-22)12-10-18-23(17)29-30(24(18)15-6-4-5-7-15)16-8-11-21(27-2)19(26)14-16/h8-9,11,13-15,18,24H,3-7,10,12H2,1H3. The monoisotopic (exact) mass is 448 g/mol. The second kappa shape index (κ2) is 8.55. The number of hydrogen-bond acceptors (Lipinski definition) is 5. The van der Waals surface area contributed by atoms with E-state index in [0.717, 1.165) is 35.5 Å². The van der Waals surface area contributed by atoms with Gasteiger partial charge in [-0.25, -0.2) is 14.6 Å². The van der Waals surface area contributed by atoms with Gasteiger partial charge < -0.3 is 4.74 Å². The van der Waals surface area contributed by atoms with Gasteiger partial charge in [0.15, 0.2) is 0 Å². The van der Waals surface area contributed by atoms with Crippen LogP contribution in [0.1, 0.15) is 60.8 Å². The Morgan fingerprint density at radius 2 is 2.06 bits per heavy atom. The Bertz CT molecular complexity index is 1130. The van der Waals surface area contributed by atoms with E-state index in [1.165, 1.54) is 25.7 Å². The number of hydrazone groups is 1. The van der Waals surface area contributed by atoms with Gasteiger partial charge >= 0.3 is 5.97 Å². The number of carbonyl (C=O) groups is 1. The molecular weight excluding hydrogens is 424 g/mol. The largest absolute Gasteiger partial charge is 0.461 e. The summed E-state index contributed by atoms with van der Waals surface area (Å²) in [6.07, 6.45) is 6.71. The average molecular weight is 449 g/mol. The zero-order valence-corrected chi connectivity index (χ0v) is 18.8. The molecule has 32 heavy (non-hydrogen) atoms. The van der Waals surface area contributed by atoms with Gasteiger partial charge in [-0.1, -0.05) is 30.5 Å². The van der Waals surface area contributed by atoms with E-state index in [0.29, 0.717) is 34.8 Å². The molecule has 0 spiro atoms. The van der Waals surface area contributed by atoms with Gasteiger partial charge in [-0.05, 0) is 62.8 Å². The minimum atomic E-state index is -0.384. The van der Waals surface area contributed by atoms with E-state index in [-0.39, 0.29) is 12.0 Å². The van der Waals surface area contributed by atoms with Crippen molar-refractivity contribution in [3.8, 4) is 0 Å². The lowest BCUT2D eigenvalue weighted by Gasteiger charge is -2.34. The number of ether oxygens (including phenoxy) is 1. The first-order chi connectivity index (χ1) is 15.6. The number of esters is 1. The number of benzene rings is 1. The van der Waals surface area contributed by atoms with E-state index in [4.69, 9.17) is 28.0 Å². The van der Waals surface area contributed by atoms with Crippen molar-refractivity contribution in [1.82, 2.24) is 4.98 Å². The van der Waals surface area contributed by atoms with Crippen molar-refractivity contribution in [3.05, 3.63) is 63.7 Å². The van der Waals surface area contributed by atoms with Gasteiger partial charge in [0, 0.05) is 16.5 Å². The van der Waals surface area contributed by atoms with E-state index >= 15 is 0 Å². The molecule has 0 amide bonds. The number of fused-ring (bicyclic) bond motifs is 3. The van der Waals surface area contributed by atoms with Crippen molar-refractivity contribution >= 4 is 34.7 Å². The molecule has 0 bridgehead atoms. The minimum Gasteiger partial charge on any atom is -0.461 e. The summed E-state index contributed by atoms with van der Waals surface area (Å²) >= 11 is 6.38. The first-order valence-electron chi connectivity index (χ1n) is 11.3. The summed E-state index contributed by atoms with van der Waals surface area (Å²) in [7, 11) is 0. The quantitative estimate of drug-likeness (QED) is 0.437. The van der Waals surface area contributed by atoms with Crippen LogP contribution in [-0.4, -0.2) is 29.3 Å². The van der Waals surface area contributed by atoms with Crippen LogP contribution in [-0.2, 0) is 11.2 Å². The number of nitrogens with zero attached hydrogens (tertiary/aromatic N) is 4. The number of halogens is 1. The van der Waals surface area contributed by atoms with Gasteiger partial charge in [0.2, 0.25) is 5.69 Å². The molecule has 164 valence electrons. The summed E-state index contributed by atoms with van der Waals surface area (Å²) in [4.78, 5) is 20.3. The van der Waals surface area contributed by atoms with Gasteiger partial charge in [0.25, 0.3) is 0 Å². The predicted octanol–water partition coefficient (Wildman–Crippen LogP) is 5.81. The highest BCUT2D eigenvalue weighted by Gasteiger charge is 2.46. The van der Waals surface area contributed by atoms with Crippen LogP contribution in [0, 0.1) is 18.4 Å². The van der Waals surface area contributed by atoms with E-state index in [1.807, 2.05) is 18.2 Å². The number of aryl methyl sites for hydroxylation is 1. The fraction of sp³-hybridized carbons (Fsp3) is 0.440. The Labute approximate surface area is 193 Å². The number of aromatic nitrogens is 1. The third kappa shape index (κ3) is 3.55. The topological polar surface area (TPSA) is 59.2 Å². The second-order valence-electron chi connectivity index (χ2n) is 8.67. The fourth-order valence-corrected chi connectivity index (χ4v) is 5.69. The molecule has 5 rings (SSSR count). The molecule has 1 saturated carbocycles. The minimum absolute atomic E-state index is 0.278. The summed E-state index contributed by atoms with van der Waals surface area (Å²) in [5.41, 5.74) is 4.74. The summed E-state index contributed by atoms with van der Waals surface area (Å²) in [6, 6.07) is 9.59. The smallest absolute Gasteiger partial charge is 0.356 e. The summed E-state index contributed by atoms with van der Waals surface area (Å²) in [6.45, 7) is 9.41. The number of pyridine rings is 1. The summed E-state index contributed by atoms with van der Waals surface area (Å²) in [5.74, 6) is 0.514.